The van der Waals surface area contributed by atoms with Crippen LogP contribution >= 0.6 is 11.3 Å². The van der Waals surface area contributed by atoms with E-state index in [2.05, 4.69) is 0 Å². The molecule has 0 aliphatic carbocycles. The minimum absolute atomic E-state index is 0.392. The maximum absolute atomic E-state index is 12.7. The number of rotatable bonds is 7. The molecule has 2 N–H and O–H groups in total. The number of thiophene rings is 1. The fraction of sp³-hybridized carbons (Fsp3) is 0.333. The number of nitrogens with two attached hydrogens (primary N) is 1. The highest BCUT2D eigenvalue weighted by Gasteiger charge is 2.24. The lowest BCUT2D eigenvalue weighted by Gasteiger charge is -2.19. The summed E-state index contributed by atoms with van der Waals surface area (Å²) in [6.07, 6.45) is 0.713. The van der Waals surface area contributed by atoms with E-state index < -0.39 is 10.0 Å². The van der Waals surface area contributed by atoms with Crippen LogP contribution in [0.25, 0.3) is 0 Å². The fourth-order valence-corrected chi connectivity index (χ4v) is 5.02. The third-order valence-corrected chi connectivity index (χ3v) is 6.71. The van der Waals surface area contributed by atoms with Crippen molar-refractivity contribution in [2.24, 2.45) is 5.73 Å². The van der Waals surface area contributed by atoms with E-state index in [1.54, 1.807) is 6.07 Å². The van der Waals surface area contributed by atoms with Crippen molar-refractivity contribution < 1.29 is 8.42 Å². The molecule has 0 fully saturated rings. The number of hydrogen-bond donors (Lipinski definition) is 1. The summed E-state index contributed by atoms with van der Waals surface area (Å²) in [5.74, 6) is 0. The van der Waals surface area contributed by atoms with Crippen LogP contribution in [-0.2, 0) is 23.0 Å². The zero-order chi connectivity index (χ0) is 15.3. The van der Waals surface area contributed by atoms with Gasteiger partial charge in [0.25, 0.3) is 10.0 Å². The van der Waals surface area contributed by atoms with Crippen LogP contribution in [0.2, 0.25) is 0 Å². The average molecular weight is 324 g/mol. The van der Waals surface area contributed by atoms with E-state index in [9.17, 15) is 8.42 Å². The molecule has 0 unspecified atom stereocenters. The van der Waals surface area contributed by atoms with Crippen LogP contribution in [0.3, 0.4) is 0 Å². The lowest BCUT2D eigenvalue weighted by Crippen LogP contribution is -2.29. The Morgan fingerprint density at radius 2 is 1.86 bits per heavy atom. The Bertz CT molecular complexity index is 666. The first kappa shape index (κ1) is 16.2. The summed E-state index contributed by atoms with van der Waals surface area (Å²) < 4.78 is 27.3. The molecule has 2 aromatic rings. The maximum atomic E-state index is 12.7. The summed E-state index contributed by atoms with van der Waals surface area (Å²) >= 11 is 1.31. The smallest absolute Gasteiger partial charge is 0.252 e. The number of hydrogen-bond acceptors (Lipinski definition) is 4. The molecule has 0 saturated heterocycles. The summed E-state index contributed by atoms with van der Waals surface area (Å²) in [5, 5.41) is 0. The predicted molar refractivity (Wildman–Crippen MR) is 86.8 cm³/mol. The molecule has 0 amide bonds. The molecule has 114 valence electrons. The molecule has 1 aromatic heterocycles. The second-order valence-corrected chi connectivity index (χ2v) is 8.01. The van der Waals surface area contributed by atoms with Crippen molar-refractivity contribution >= 4 is 21.4 Å². The van der Waals surface area contributed by atoms with Crippen molar-refractivity contribution in [3.63, 3.8) is 0 Å². The third-order valence-electron chi connectivity index (χ3n) is 3.18. The molecule has 1 heterocycles. The van der Waals surface area contributed by atoms with Gasteiger partial charge < -0.3 is 5.73 Å². The molecule has 4 nitrogen and oxygen atoms in total. The largest absolute Gasteiger partial charge is 0.330 e. The quantitative estimate of drug-likeness (QED) is 0.851. The molecular formula is C15H20N2O2S2. The van der Waals surface area contributed by atoms with E-state index in [0.717, 1.165) is 10.4 Å². The third kappa shape index (κ3) is 3.91. The van der Waals surface area contributed by atoms with Crippen molar-refractivity contribution in [3.8, 4) is 0 Å². The first-order valence-electron chi connectivity index (χ1n) is 6.90. The van der Waals surface area contributed by atoms with Crippen LogP contribution in [0.15, 0.2) is 46.7 Å². The zero-order valence-electron chi connectivity index (χ0n) is 12.0. The lowest BCUT2D eigenvalue weighted by atomic mass is 10.2. The molecule has 0 saturated carbocycles. The van der Waals surface area contributed by atoms with Crippen molar-refractivity contribution in [3.05, 3.63) is 52.9 Å². The molecule has 1 aromatic carbocycles. The zero-order valence-corrected chi connectivity index (χ0v) is 13.7. The first-order valence-corrected chi connectivity index (χ1v) is 9.16. The van der Waals surface area contributed by atoms with Crippen LogP contribution < -0.4 is 5.73 Å². The van der Waals surface area contributed by atoms with E-state index in [1.165, 1.54) is 15.6 Å². The SMILES string of the molecule is CCN(Cc1ccccc1)S(=O)(=O)c1ccc(CCN)s1. The highest BCUT2D eigenvalue weighted by molar-refractivity contribution is 7.91. The lowest BCUT2D eigenvalue weighted by molar-refractivity contribution is 0.425. The summed E-state index contributed by atoms with van der Waals surface area (Å²) in [6.45, 7) is 3.22. The molecule has 0 aliphatic rings. The van der Waals surface area contributed by atoms with Gasteiger partial charge in [-0.15, -0.1) is 11.3 Å². The fourth-order valence-electron chi connectivity index (χ4n) is 2.05. The minimum atomic E-state index is -3.44. The van der Waals surface area contributed by atoms with Gasteiger partial charge in [-0.3, -0.25) is 0 Å². The second kappa shape index (κ2) is 7.17. The average Bonchev–Trinajstić information content (AvgIpc) is 2.95. The van der Waals surface area contributed by atoms with Crippen molar-refractivity contribution in [2.75, 3.05) is 13.1 Å². The van der Waals surface area contributed by atoms with Gasteiger partial charge in [-0.2, -0.15) is 4.31 Å². The number of benzene rings is 1. The van der Waals surface area contributed by atoms with Crippen LogP contribution in [0.4, 0.5) is 0 Å². The molecule has 0 radical (unpaired) electrons. The van der Waals surface area contributed by atoms with E-state index in [1.807, 2.05) is 43.3 Å². The van der Waals surface area contributed by atoms with Gasteiger partial charge in [0.1, 0.15) is 4.21 Å². The Morgan fingerprint density at radius 3 is 2.48 bits per heavy atom. The Labute approximate surface area is 130 Å². The highest BCUT2D eigenvalue weighted by Crippen LogP contribution is 2.26. The molecule has 0 spiro atoms. The Kier molecular flexibility index (Phi) is 5.52. The van der Waals surface area contributed by atoms with Crippen molar-refractivity contribution in [1.82, 2.24) is 4.31 Å². The van der Waals surface area contributed by atoms with E-state index in [-0.39, 0.29) is 0 Å². The Balaban J connectivity index is 2.22. The molecule has 0 bridgehead atoms. The summed E-state index contributed by atoms with van der Waals surface area (Å²) in [6, 6.07) is 13.2. The van der Waals surface area contributed by atoms with Crippen molar-refractivity contribution in [2.45, 2.75) is 24.1 Å². The second-order valence-electron chi connectivity index (χ2n) is 4.68. The number of nitrogens with zero attached hydrogens (tertiary/aromatic N) is 1. The van der Waals surface area contributed by atoms with Gasteiger partial charge in [0, 0.05) is 18.0 Å². The summed E-state index contributed by atoms with van der Waals surface area (Å²) in [5.41, 5.74) is 6.50. The van der Waals surface area contributed by atoms with Crippen LogP contribution in [-0.4, -0.2) is 25.8 Å². The summed E-state index contributed by atoms with van der Waals surface area (Å²) in [4.78, 5) is 1.01. The van der Waals surface area contributed by atoms with Gasteiger partial charge in [0.15, 0.2) is 0 Å². The van der Waals surface area contributed by atoms with Crippen LogP contribution in [0.5, 0.6) is 0 Å². The van der Waals surface area contributed by atoms with E-state index in [0.29, 0.717) is 30.3 Å². The Hall–Kier alpha value is -1.21. The van der Waals surface area contributed by atoms with Gasteiger partial charge in [-0.05, 0) is 30.7 Å². The van der Waals surface area contributed by atoms with Gasteiger partial charge >= 0.3 is 0 Å². The Morgan fingerprint density at radius 1 is 1.14 bits per heavy atom. The molecule has 2 rings (SSSR count). The molecule has 0 aliphatic heterocycles. The van der Waals surface area contributed by atoms with Gasteiger partial charge in [-0.25, -0.2) is 8.42 Å². The van der Waals surface area contributed by atoms with Gasteiger partial charge in [0.05, 0.1) is 0 Å². The number of sulfonamides is 1. The molecular weight excluding hydrogens is 304 g/mol. The van der Waals surface area contributed by atoms with Gasteiger partial charge in [0.2, 0.25) is 0 Å². The normalized spacial score (nSPS) is 12.0. The monoisotopic (exact) mass is 324 g/mol. The molecule has 0 atom stereocenters. The summed E-state index contributed by atoms with van der Waals surface area (Å²) in [7, 11) is -3.44. The highest BCUT2D eigenvalue weighted by atomic mass is 32.2. The topological polar surface area (TPSA) is 63.4 Å². The molecule has 6 heteroatoms. The van der Waals surface area contributed by atoms with E-state index >= 15 is 0 Å². The standard InChI is InChI=1S/C15H20N2O2S2/c1-2-17(12-13-6-4-3-5-7-13)21(18,19)15-9-8-14(20-15)10-11-16/h3-9H,2,10-12,16H2,1H3. The van der Waals surface area contributed by atoms with Crippen LogP contribution in [0, 0.1) is 0 Å². The van der Waals surface area contributed by atoms with Crippen molar-refractivity contribution in [1.29, 1.82) is 0 Å². The maximum Gasteiger partial charge on any atom is 0.252 e. The predicted octanol–water partition coefficient (Wildman–Crippen LogP) is 2.46. The minimum Gasteiger partial charge on any atom is -0.330 e. The van der Waals surface area contributed by atoms with Gasteiger partial charge in [-0.1, -0.05) is 37.3 Å². The van der Waals surface area contributed by atoms with Crippen LogP contribution in [0.1, 0.15) is 17.4 Å². The molecule has 21 heavy (non-hydrogen) atoms. The van der Waals surface area contributed by atoms with E-state index in [4.69, 9.17) is 5.73 Å². The first-order chi connectivity index (χ1) is 10.1.